The molecule has 2 amide bonds. The number of nitrogens with zero attached hydrogens (tertiary/aromatic N) is 3. The van der Waals surface area contributed by atoms with E-state index in [2.05, 4.69) is 29.3 Å². The monoisotopic (exact) mass is 375 g/mol. The lowest BCUT2D eigenvalue weighted by Crippen LogP contribution is -2.44. The van der Waals surface area contributed by atoms with Gasteiger partial charge in [0, 0.05) is 50.4 Å². The predicted molar refractivity (Wildman–Crippen MR) is 108 cm³/mol. The summed E-state index contributed by atoms with van der Waals surface area (Å²) in [6.07, 6.45) is 9.77. The Morgan fingerprint density at radius 3 is 2.61 bits per heavy atom. The van der Waals surface area contributed by atoms with Crippen molar-refractivity contribution >= 4 is 17.9 Å². The number of hydrogen-bond donors (Lipinski definition) is 0. The maximum Gasteiger partial charge on any atom is 0.255 e. The maximum absolute atomic E-state index is 12.6. The highest BCUT2D eigenvalue weighted by atomic mass is 16.2. The lowest BCUT2D eigenvalue weighted by molar-refractivity contribution is -0.127. The molecule has 1 aromatic carbocycles. The molecule has 0 atom stereocenters. The summed E-state index contributed by atoms with van der Waals surface area (Å²) in [7, 11) is 0. The van der Waals surface area contributed by atoms with Crippen molar-refractivity contribution in [2.45, 2.75) is 19.3 Å². The van der Waals surface area contributed by atoms with E-state index in [4.69, 9.17) is 0 Å². The summed E-state index contributed by atoms with van der Waals surface area (Å²) in [4.78, 5) is 33.0. The van der Waals surface area contributed by atoms with Crippen molar-refractivity contribution in [1.29, 1.82) is 0 Å². The molecule has 1 spiro atoms. The number of carbonyl (C=O) groups excluding carboxylic acids is 2. The highest BCUT2D eigenvalue weighted by Crippen LogP contribution is 2.41. The van der Waals surface area contributed by atoms with Crippen LogP contribution < -0.4 is 0 Å². The molecule has 2 fully saturated rings. The van der Waals surface area contributed by atoms with E-state index in [0.29, 0.717) is 31.6 Å². The van der Waals surface area contributed by atoms with Gasteiger partial charge in [0.25, 0.3) is 5.91 Å². The molecule has 2 aliphatic heterocycles. The molecule has 28 heavy (non-hydrogen) atoms. The van der Waals surface area contributed by atoms with Crippen LogP contribution in [0.5, 0.6) is 0 Å². The molecule has 2 aromatic rings. The Kier molecular flexibility index (Phi) is 5.24. The number of pyridine rings is 1. The van der Waals surface area contributed by atoms with E-state index in [0.717, 1.165) is 24.9 Å². The molecule has 0 radical (unpaired) electrons. The fraction of sp³-hybridized carbons (Fsp3) is 0.348. The van der Waals surface area contributed by atoms with Crippen LogP contribution in [0.1, 0.15) is 35.2 Å². The van der Waals surface area contributed by atoms with Crippen LogP contribution in [0.4, 0.5) is 0 Å². The second kappa shape index (κ2) is 7.97. The van der Waals surface area contributed by atoms with Gasteiger partial charge < -0.3 is 9.80 Å². The summed E-state index contributed by atoms with van der Waals surface area (Å²) in [5, 5.41) is 0. The fourth-order valence-electron chi connectivity index (χ4n) is 4.22. The van der Waals surface area contributed by atoms with Gasteiger partial charge in [0.2, 0.25) is 5.91 Å². The van der Waals surface area contributed by atoms with E-state index in [1.165, 1.54) is 0 Å². The van der Waals surface area contributed by atoms with E-state index in [9.17, 15) is 9.59 Å². The van der Waals surface area contributed by atoms with Gasteiger partial charge in [0.1, 0.15) is 0 Å². The predicted octanol–water partition coefficient (Wildman–Crippen LogP) is 3.25. The van der Waals surface area contributed by atoms with Gasteiger partial charge in [-0.25, -0.2) is 0 Å². The van der Waals surface area contributed by atoms with E-state index in [-0.39, 0.29) is 17.2 Å². The molecule has 4 rings (SSSR count). The zero-order valence-corrected chi connectivity index (χ0v) is 16.0. The first-order chi connectivity index (χ1) is 13.7. The molecule has 5 heteroatoms. The number of hydrogen-bond acceptors (Lipinski definition) is 3. The lowest BCUT2D eigenvalue weighted by atomic mass is 9.77. The average molecular weight is 375 g/mol. The Hall–Kier alpha value is -2.95. The molecule has 0 bridgehead atoms. The van der Waals surface area contributed by atoms with Gasteiger partial charge in [0.15, 0.2) is 0 Å². The first-order valence-electron chi connectivity index (χ1n) is 9.84. The van der Waals surface area contributed by atoms with Crippen LogP contribution >= 0.6 is 0 Å². The Morgan fingerprint density at radius 2 is 1.89 bits per heavy atom. The largest absolute Gasteiger partial charge is 0.339 e. The zero-order chi connectivity index (χ0) is 19.4. The first kappa shape index (κ1) is 18.4. The third-order valence-corrected chi connectivity index (χ3v) is 5.86. The number of carbonyl (C=O) groups is 2. The molecular weight excluding hydrogens is 350 g/mol. The van der Waals surface area contributed by atoms with Crippen LogP contribution in [-0.2, 0) is 4.79 Å². The highest BCUT2D eigenvalue weighted by molar-refractivity contribution is 5.94. The highest BCUT2D eigenvalue weighted by Gasteiger charge is 2.45. The minimum Gasteiger partial charge on any atom is -0.339 e. The standard InChI is InChI=1S/C23H25N3O2/c27-21-16-23(18-26(21)13-5-8-19-6-2-1-3-7-19)10-14-25(15-11-23)22(28)20-9-4-12-24-17-20/h1-9,12,17H,10-11,13-16,18H2. The maximum atomic E-state index is 12.6. The Balaban J connectivity index is 1.33. The van der Waals surface area contributed by atoms with Crippen molar-refractivity contribution in [3.05, 3.63) is 72.1 Å². The van der Waals surface area contributed by atoms with Crippen LogP contribution in [0.3, 0.4) is 0 Å². The van der Waals surface area contributed by atoms with Crippen molar-refractivity contribution < 1.29 is 9.59 Å². The second-order valence-corrected chi connectivity index (χ2v) is 7.80. The second-order valence-electron chi connectivity index (χ2n) is 7.80. The third kappa shape index (κ3) is 3.98. The van der Waals surface area contributed by atoms with Crippen molar-refractivity contribution in [3.8, 4) is 0 Å². The minimum absolute atomic E-state index is 0.0173. The lowest BCUT2D eigenvalue weighted by Gasteiger charge is -2.38. The number of amides is 2. The molecule has 2 aliphatic rings. The third-order valence-electron chi connectivity index (χ3n) is 5.86. The molecule has 1 aromatic heterocycles. The summed E-state index contributed by atoms with van der Waals surface area (Å²) >= 11 is 0. The van der Waals surface area contributed by atoms with Crippen LogP contribution in [0.15, 0.2) is 60.9 Å². The van der Waals surface area contributed by atoms with Crippen molar-refractivity contribution in [1.82, 2.24) is 14.8 Å². The quantitative estimate of drug-likeness (QED) is 0.824. The average Bonchev–Trinajstić information content (AvgIpc) is 3.04. The SMILES string of the molecule is O=C1CC2(CCN(C(=O)c3cccnc3)CC2)CN1CC=Cc1ccccc1. The molecular formula is C23H25N3O2. The first-order valence-corrected chi connectivity index (χ1v) is 9.84. The Labute approximate surface area is 165 Å². The topological polar surface area (TPSA) is 53.5 Å². The number of benzene rings is 1. The molecule has 0 unspecified atom stereocenters. The van der Waals surface area contributed by atoms with Gasteiger partial charge in [-0.1, -0.05) is 42.5 Å². The summed E-state index contributed by atoms with van der Waals surface area (Å²) in [5.41, 5.74) is 1.79. The van der Waals surface area contributed by atoms with Crippen LogP contribution in [0.25, 0.3) is 6.08 Å². The fourth-order valence-corrected chi connectivity index (χ4v) is 4.22. The van der Waals surface area contributed by atoms with Crippen LogP contribution in [-0.4, -0.2) is 52.8 Å². The molecule has 144 valence electrons. The number of likely N-dealkylation sites (tertiary alicyclic amines) is 2. The van der Waals surface area contributed by atoms with E-state index >= 15 is 0 Å². The normalized spacial score (nSPS) is 18.9. The van der Waals surface area contributed by atoms with E-state index < -0.39 is 0 Å². The summed E-state index contributed by atoms with van der Waals surface area (Å²) in [5.74, 6) is 0.264. The summed E-state index contributed by atoms with van der Waals surface area (Å²) < 4.78 is 0. The molecule has 5 nitrogen and oxygen atoms in total. The van der Waals surface area contributed by atoms with Gasteiger partial charge in [-0.15, -0.1) is 0 Å². The van der Waals surface area contributed by atoms with Crippen LogP contribution in [0, 0.1) is 5.41 Å². The number of piperidine rings is 1. The molecule has 0 saturated carbocycles. The number of aromatic nitrogens is 1. The van der Waals surface area contributed by atoms with Crippen molar-refractivity contribution in [3.63, 3.8) is 0 Å². The van der Waals surface area contributed by atoms with Crippen molar-refractivity contribution in [2.24, 2.45) is 5.41 Å². The van der Waals surface area contributed by atoms with Gasteiger partial charge in [0.05, 0.1) is 5.56 Å². The summed E-state index contributed by atoms with van der Waals surface area (Å²) in [6, 6.07) is 13.7. The van der Waals surface area contributed by atoms with Gasteiger partial charge in [-0.05, 0) is 30.5 Å². The molecule has 0 N–H and O–H groups in total. The molecule has 2 saturated heterocycles. The molecule has 3 heterocycles. The summed E-state index contributed by atoms with van der Waals surface area (Å²) in [6.45, 7) is 2.84. The Bertz CT molecular complexity index is 856. The number of rotatable bonds is 4. The zero-order valence-electron chi connectivity index (χ0n) is 16.0. The Morgan fingerprint density at radius 1 is 1.11 bits per heavy atom. The van der Waals surface area contributed by atoms with Gasteiger partial charge in [-0.2, -0.15) is 0 Å². The van der Waals surface area contributed by atoms with Gasteiger partial charge in [-0.3, -0.25) is 14.6 Å². The smallest absolute Gasteiger partial charge is 0.255 e. The minimum atomic E-state index is 0.0173. The van der Waals surface area contributed by atoms with Crippen molar-refractivity contribution in [2.75, 3.05) is 26.2 Å². The van der Waals surface area contributed by atoms with Crippen LogP contribution in [0.2, 0.25) is 0 Å². The molecule has 0 aliphatic carbocycles. The van der Waals surface area contributed by atoms with E-state index in [1.54, 1.807) is 24.5 Å². The van der Waals surface area contributed by atoms with Gasteiger partial charge >= 0.3 is 0 Å². The van der Waals surface area contributed by atoms with E-state index in [1.807, 2.05) is 28.0 Å².